The summed E-state index contributed by atoms with van der Waals surface area (Å²) < 4.78 is 14.7. The van der Waals surface area contributed by atoms with Crippen molar-refractivity contribution in [3.05, 3.63) is 0 Å². The Hall–Kier alpha value is -1.14. The second-order valence-electron chi connectivity index (χ2n) is 3.38. The maximum atomic E-state index is 10.8. The van der Waals surface area contributed by atoms with Gasteiger partial charge in [0, 0.05) is 13.8 Å². The molecular weight excluding hydrogens is 204 g/mol. The van der Waals surface area contributed by atoms with Crippen LogP contribution in [-0.2, 0) is 23.8 Å². The SMILES string of the molecule is CC(=O)O[C@@H]1[C@@H](C)OC(O)[C@@H]1OC(C)=O. The second kappa shape index (κ2) is 4.59. The molecule has 1 unspecified atom stereocenters. The molecule has 0 spiro atoms. The Balaban J connectivity index is 2.70. The first-order valence-corrected chi connectivity index (χ1v) is 4.59. The number of hydrogen-bond donors (Lipinski definition) is 1. The van der Waals surface area contributed by atoms with Gasteiger partial charge in [-0.25, -0.2) is 0 Å². The standard InChI is InChI=1S/C9H14O6/c1-4-7(14-5(2)10)8(9(12)13-4)15-6(3)11/h4,7-9,12H,1-3H3/t4-,7-,8-,9?/m1/s1. The summed E-state index contributed by atoms with van der Waals surface area (Å²) in [5.41, 5.74) is 0. The number of ether oxygens (including phenoxy) is 3. The lowest BCUT2D eigenvalue weighted by Gasteiger charge is -2.20. The Morgan fingerprint density at radius 2 is 1.60 bits per heavy atom. The van der Waals surface area contributed by atoms with Crippen LogP contribution in [0.3, 0.4) is 0 Å². The number of aliphatic hydroxyl groups excluding tert-OH is 1. The lowest BCUT2D eigenvalue weighted by Crippen LogP contribution is -2.39. The van der Waals surface area contributed by atoms with Crippen molar-refractivity contribution in [2.45, 2.75) is 45.4 Å². The van der Waals surface area contributed by atoms with Gasteiger partial charge >= 0.3 is 11.9 Å². The third-order valence-corrected chi connectivity index (χ3v) is 2.03. The Kier molecular flexibility index (Phi) is 3.65. The summed E-state index contributed by atoms with van der Waals surface area (Å²) >= 11 is 0. The van der Waals surface area contributed by atoms with Crippen LogP contribution < -0.4 is 0 Å². The highest BCUT2D eigenvalue weighted by atomic mass is 16.7. The molecule has 0 bridgehead atoms. The molecule has 1 N–H and O–H groups in total. The van der Waals surface area contributed by atoms with Gasteiger partial charge in [0.05, 0.1) is 6.10 Å². The summed E-state index contributed by atoms with van der Waals surface area (Å²) in [5.74, 6) is -1.07. The molecule has 0 saturated carbocycles. The largest absolute Gasteiger partial charge is 0.456 e. The van der Waals surface area contributed by atoms with E-state index in [0.717, 1.165) is 0 Å². The molecule has 6 nitrogen and oxygen atoms in total. The van der Waals surface area contributed by atoms with Crippen LogP contribution in [-0.4, -0.2) is 41.6 Å². The van der Waals surface area contributed by atoms with E-state index in [1.807, 2.05) is 0 Å². The lowest BCUT2D eigenvalue weighted by molar-refractivity contribution is -0.174. The van der Waals surface area contributed by atoms with Crippen LogP contribution in [0.25, 0.3) is 0 Å². The highest BCUT2D eigenvalue weighted by molar-refractivity contribution is 5.67. The zero-order valence-electron chi connectivity index (χ0n) is 8.80. The molecular formula is C9H14O6. The van der Waals surface area contributed by atoms with Crippen molar-refractivity contribution in [1.82, 2.24) is 0 Å². The number of carbonyl (C=O) groups is 2. The van der Waals surface area contributed by atoms with Gasteiger partial charge in [0.1, 0.15) is 0 Å². The molecule has 1 fully saturated rings. The summed E-state index contributed by atoms with van der Waals surface area (Å²) in [6.45, 7) is 4.07. The third kappa shape index (κ3) is 2.90. The van der Waals surface area contributed by atoms with E-state index in [0.29, 0.717) is 0 Å². The van der Waals surface area contributed by atoms with Crippen molar-refractivity contribution in [3.8, 4) is 0 Å². The summed E-state index contributed by atoms with van der Waals surface area (Å²) in [5, 5.41) is 9.40. The number of hydrogen-bond acceptors (Lipinski definition) is 6. The number of esters is 2. The maximum Gasteiger partial charge on any atom is 0.303 e. The Morgan fingerprint density at radius 1 is 1.13 bits per heavy atom. The minimum atomic E-state index is -1.26. The average Bonchev–Trinajstić information content (AvgIpc) is 2.30. The molecule has 6 heteroatoms. The fraction of sp³-hybridized carbons (Fsp3) is 0.778. The Morgan fingerprint density at radius 3 is 2.07 bits per heavy atom. The van der Waals surface area contributed by atoms with Gasteiger partial charge in [-0.2, -0.15) is 0 Å². The summed E-state index contributed by atoms with van der Waals surface area (Å²) in [6.07, 6.45) is -3.48. The van der Waals surface area contributed by atoms with Gasteiger partial charge < -0.3 is 19.3 Å². The van der Waals surface area contributed by atoms with Crippen molar-refractivity contribution in [1.29, 1.82) is 0 Å². The predicted octanol–water partition coefficient (Wildman–Crippen LogP) is -0.413. The number of carbonyl (C=O) groups excluding carboxylic acids is 2. The van der Waals surface area contributed by atoms with Crippen LogP contribution in [0.5, 0.6) is 0 Å². The molecule has 0 aliphatic carbocycles. The number of rotatable bonds is 2. The highest BCUT2D eigenvalue weighted by Crippen LogP contribution is 2.25. The van der Waals surface area contributed by atoms with Crippen molar-refractivity contribution in [2.24, 2.45) is 0 Å². The van der Waals surface area contributed by atoms with Gasteiger partial charge in [-0.05, 0) is 6.92 Å². The van der Waals surface area contributed by atoms with Crippen molar-refractivity contribution >= 4 is 11.9 Å². The molecule has 4 atom stereocenters. The van der Waals surface area contributed by atoms with E-state index in [4.69, 9.17) is 14.2 Å². The van der Waals surface area contributed by atoms with E-state index in [1.165, 1.54) is 13.8 Å². The van der Waals surface area contributed by atoms with Gasteiger partial charge in [-0.3, -0.25) is 9.59 Å². The van der Waals surface area contributed by atoms with E-state index in [-0.39, 0.29) is 0 Å². The van der Waals surface area contributed by atoms with Gasteiger partial charge in [-0.15, -0.1) is 0 Å². The monoisotopic (exact) mass is 218 g/mol. The van der Waals surface area contributed by atoms with Crippen LogP contribution in [0, 0.1) is 0 Å². The molecule has 0 aromatic carbocycles. The third-order valence-electron chi connectivity index (χ3n) is 2.03. The molecule has 0 radical (unpaired) electrons. The van der Waals surface area contributed by atoms with Crippen LogP contribution in [0.2, 0.25) is 0 Å². The quantitative estimate of drug-likeness (QED) is 0.634. The normalized spacial score (nSPS) is 34.9. The van der Waals surface area contributed by atoms with Crippen molar-refractivity contribution in [2.75, 3.05) is 0 Å². The van der Waals surface area contributed by atoms with Crippen molar-refractivity contribution in [3.63, 3.8) is 0 Å². The maximum absolute atomic E-state index is 10.8. The average molecular weight is 218 g/mol. The molecule has 1 aliphatic heterocycles. The molecule has 1 rings (SSSR count). The van der Waals surface area contributed by atoms with Crippen LogP contribution in [0.4, 0.5) is 0 Å². The zero-order chi connectivity index (χ0) is 11.6. The first kappa shape index (κ1) is 11.9. The predicted molar refractivity (Wildman–Crippen MR) is 47.7 cm³/mol. The molecule has 1 saturated heterocycles. The molecule has 1 heterocycles. The molecule has 1 aliphatic rings. The van der Waals surface area contributed by atoms with E-state index in [1.54, 1.807) is 6.92 Å². The highest BCUT2D eigenvalue weighted by Gasteiger charge is 2.46. The summed E-state index contributed by atoms with van der Waals surface area (Å²) in [4.78, 5) is 21.5. The Labute approximate surface area is 87.1 Å². The smallest absolute Gasteiger partial charge is 0.303 e. The minimum Gasteiger partial charge on any atom is -0.456 e. The topological polar surface area (TPSA) is 82.1 Å². The van der Waals surface area contributed by atoms with E-state index >= 15 is 0 Å². The van der Waals surface area contributed by atoms with Crippen LogP contribution in [0.1, 0.15) is 20.8 Å². The second-order valence-corrected chi connectivity index (χ2v) is 3.38. The molecule has 0 amide bonds. The van der Waals surface area contributed by atoms with Crippen LogP contribution in [0.15, 0.2) is 0 Å². The van der Waals surface area contributed by atoms with Gasteiger partial charge in [-0.1, -0.05) is 0 Å². The van der Waals surface area contributed by atoms with Crippen LogP contribution >= 0.6 is 0 Å². The molecule has 15 heavy (non-hydrogen) atoms. The van der Waals surface area contributed by atoms with Crippen molar-refractivity contribution < 1.29 is 28.9 Å². The fourth-order valence-electron chi connectivity index (χ4n) is 1.48. The number of aliphatic hydroxyl groups is 1. The summed E-state index contributed by atoms with van der Waals surface area (Å²) in [7, 11) is 0. The van der Waals surface area contributed by atoms with E-state index in [2.05, 4.69) is 0 Å². The molecule has 0 aromatic rings. The van der Waals surface area contributed by atoms with E-state index in [9.17, 15) is 14.7 Å². The molecule has 0 aromatic heterocycles. The first-order valence-electron chi connectivity index (χ1n) is 4.59. The van der Waals surface area contributed by atoms with Gasteiger partial charge in [0.15, 0.2) is 18.5 Å². The summed E-state index contributed by atoms with van der Waals surface area (Å²) in [6, 6.07) is 0. The van der Waals surface area contributed by atoms with Gasteiger partial charge in [0.2, 0.25) is 0 Å². The minimum absolute atomic E-state index is 0.506. The fourth-order valence-corrected chi connectivity index (χ4v) is 1.48. The van der Waals surface area contributed by atoms with Gasteiger partial charge in [0.25, 0.3) is 0 Å². The first-order chi connectivity index (χ1) is 6.91. The van der Waals surface area contributed by atoms with E-state index < -0.39 is 36.5 Å². The zero-order valence-corrected chi connectivity index (χ0v) is 8.80. The molecule has 86 valence electrons. The Bertz CT molecular complexity index is 237. The lowest BCUT2D eigenvalue weighted by atomic mass is 10.1.